The lowest BCUT2D eigenvalue weighted by atomic mass is 10.2. The van der Waals surface area contributed by atoms with Crippen LogP contribution in [0.1, 0.15) is 10.4 Å². The molecule has 1 aromatic rings. The molecule has 100 valence electrons. The first kappa shape index (κ1) is 14.5. The third-order valence-corrected chi connectivity index (χ3v) is 2.68. The van der Waals surface area contributed by atoms with Crippen molar-refractivity contribution in [3.05, 3.63) is 35.6 Å². The highest BCUT2D eigenvalue weighted by Gasteiger charge is 2.45. The second-order valence-corrected chi connectivity index (χ2v) is 4.75. The van der Waals surface area contributed by atoms with E-state index in [-0.39, 0.29) is 5.56 Å². The van der Waals surface area contributed by atoms with E-state index in [2.05, 4.69) is 4.74 Å². The molecule has 0 fully saturated rings. The fourth-order valence-corrected chi connectivity index (χ4v) is 1.13. The van der Waals surface area contributed by atoms with Crippen molar-refractivity contribution >= 4 is 16.1 Å². The molecule has 1 N–H and O–H groups in total. The highest BCUT2D eigenvalue weighted by atomic mass is 32.2. The van der Waals surface area contributed by atoms with Crippen molar-refractivity contribution in [2.24, 2.45) is 0 Å². The van der Waals surface area contributed by atoms with E-state index in [4.69, 9.17) is 4.55 Å². The topological polar surface area (TPSA) is 80.7 Å². The number of halogens is 3. The molecule has 0 aliphatic carbocycles. The Morgan fingerprint density at radius 3 is 2.50 bits per heavy atom. The zero-order valence-electron chi connectivity index (χ0n) is 8.64. The molecule has 9 heteroatoms. The number of alkyl halides is 2. The molecule has 0 radical (unpaired) electrons. The smallest absolute Gasteiger partial charge is 0.402 e. The Balaban J connectivity index is 2.74. The van der Waals surface area contributed by atoms with E-state index >= 15 is 0 Å². The Morgan fingerprint density at radius 2 is 2.00 bits per heavy atom. The van der Waals surface area contributed by atoms with Crippen LogP contribution in [-0.2, 0) is 14.9 Å². The molecule has 0 unspecified atom stereocenters. The van der Waals surface area contributed by atoms with Crippen LogP contribution < -0.4 is 0 Å². The number of rotatable bonds is 4. The van der Waals surface area contributed by atoms with E-state index in [1.165, 1.54) is 0 Å². The van der Waals surface area contributed by atoms with E-state index in [0.29, 0.717) is 0 Å². The van der Waals surface area contributed by atoms with Gasteiger partial charge in [-0.05, 0) is 18.2 Å². The zero-order valence-corrected chi connectivity index (χ0v) is 9.46. The molecule has 5 nitrogen and oxygen atoms in total. The van der Waals surface area contributed by atoms with Crippen molar-refractivity contribution < 1.29 is 35.7 Å². The van der Waals surface area contributed by atoms with Crippen molar-refractivity contribution in [2.75, 3.05) is 6.61 Å². The Bertz CT molecular complexity index is 555. The minimum atomic E-state index is -5.67. The molecule has 0 spiro atoms. The average Bonchev–Trinajstić information content (AvgIpc) is 2.24. The predicted molar refractivity (Wildman–Crippen MR) is 53.2 cm³/mol. The standard InChI is InChI=1S/C9H7F3O5S/c10-7-3-1-2-6(4-7)8(13)17-5-9(11,12)18(14,15)16/h1-4H,5H2,(H,14,15,16). The first-order valence-corrected chi connectivity index (χ1v) is 5.85. The van der Waals surface area contributed by atoms with Gasteiger partial charge < -0.3 is 4.74 Å². The van der Waals surface area contributed by atoms with Crippen LogP contribution in [0.15, 0.2) is 24.3 Å². The van der Waals surface area contributed by atoms with Gasteiger partial charge in [0.1, 0.15) is 5.82 Å². The molecule has 0 aliphatic rings. The van der Waals surface area contributed by atoms with Gasteiger partial charge in [0.25, 0.3) is 0 Å². The van der Waals surface area contributed by atoms with Crippen LogP contribution in [0.2, 0.25) is 0 Å². The Labute approximate surface area is 99.9 Å². The predicted octanol–water partition coefficient (Wildman–Crippen LogP) is 1.46. The lowest BCUT2D eigenvalue weighted by molar-refractivity contribution is -0.00952. The number of hydrogen-bond donors (Lipinski definition) is 1. The number of esters is 1. The lowest BCUT2D eigenvalue weighted by Crippen LogP contribution is -2.34. The highest BCUT2D eigenvalue weighted by Crippen LogP contribution is 2.21. The van der Waals surface area contributed by atoms with E-state index in [0.717, 1.165) is 24.3 Å². The second kappa shape index (κ2) is 4.94. The van der Waals surface area contributed by atoms with Crippen LogP contribution in [0.5, 0.6) is 0 Å². The van der Waals surface area contributed by atoms with Crippen molar-refractivity contribution in [3.8, 4) is 0 Å². The maximum atomic E-state index is 12.7. The van der Waals surface area contributed by atoms with Crippen LogP contribution in [0.4, 0.5) is 13.2 Å². The highest BCUT2D eigenvalue weighted by molar-refractivity contribution is 7.86. The summed E-state index contributed by atoms with van der Waals surface area (Å²) in [5.74, 6) is -2.12. The van der Waals surface area contributed by atoms with E-state index in [1.54, 1.807) is 0 Å². The van der Waals surface area contributed by atoms with Crippen LogP contribution >= 0.6 is 0 Å². The van der Waals surface area contributed by atoms with Crippen LogP contribution in [0.25, 0.3) is 0 Å². The lowest BCUT2D eigenvalue weighted by Gasteiger charge is -2.12. The fourth-order valence-electron chi connectivity index (χ4n) is 0.923. The summed E-state index contributed by atoms with van der Waals surface area (Å²) in [6.45, 7) is -1.86. The zero-order chi connectivity index (χ0) is 14.0. The molecular weight excluding hydrogens is 277 g/mol. The molecule has 1 rings (SSSR count). The number of carbonyl (C=O) groups is 1. The summed E-state index contributed by atoms with van der Waals surface area (Å²) >= 11 is 0. The van der Waals surface area contributed by atoms with Crippen LogP contribution in [0, 0.1) is 5.82 Å². The molecule has 18 heavy (non-hydrogen) atoms. The SMILES string of the molecule is O=C(OCC(F)(F)S(=O)(=O)O)c1cccc(F)c1. The molecule has 0 saturated heterocycles. The monoisotopic (exact) mass is 284 g/mol. The number of hydrogen-bond acceptors (Lipinski definition) is 4. The van der Waals surface area contributed by atoms with Gasteiger partial charge in [0.05, 0.1) is 5.56 Å². The molecule has 0 heterocycles. The van der Waals surface area contributed by atoms with Gasteiger partial charge in [0.15, 0.2) is 6.61 Å². The van der Waals surface area contributed by atoms with Gasteiger partial charge in [-0.25, -0.2) is 9.18 Å². The largest absolute Gasteiger partial charge is 0.454 e. The maximum absolute atomic E-state index is 12.7. The fraction of sp³-hybridized carbons (Fsp3) is 0.222. The summed E-state index contributed by atoms with van der Waals surface area (Å²) in [5, 5.41) is -4.62. The van der Waals surface area contributed by atoms with Gasteiger partial charge in [-0.3, -0.25) is 4.55 Å². The number of ether oxygens (including phenoxy) is 1. The number of carbonyl (C=O) groups excluding carboxylic acids is 1. The van der Waals surface area contributed by atoms with Crippen molar-refractivity contribution in [2.45, 2.75) is 5.25 Å². The summed E-state index contributed by atoms with van der Waals surface area (Å²) in [6, 6.07) is 3.99. The van der Waals surface area contributed by atoms with Gasteiger partial charge in [-0.1, -0.05) is 6.07 Å². The maximum Gasteiger partial charge on any atom is 0.402 e. The summed E-state index contributed by atoms with van der Waals surface area (Å²) in [4.78, 5) is 11.2. The molecule has 0 atom stereocenters. The van der Waals surface area contributed by atoms with Gasteiger partial charge in [-0.15, -0.1) is 0 Å². The molecule has 0 aliphatic heterocycles. The third-order valence-electron chi connectivity index (χ3n) is 1.81. The van der Waals surface area contributed by atoms with E-state index < -0.39 is 33.8 Å². The average molecular weight is 284 g/mol. The first-order valence-electron chi connectivity index (χ1n) is 4.41. The van der Waals surface area contributed by atoms with Gasteiger partial charge in [-0.2, -0.15) is 17.2 Å². The second-order valence-electron chi connectivity index (χ2n) is 3.20. The molecule has 0 aromatic heterocycles. The van der Waals surface area contributed by atoms with Crippen LogP contribution in [0.3, 0.4) is 0 Å². The minimum absolute atomic E-state index is 0.360. The van der Waals surface area contributed by atoms with Gasteiger partial charge in [0.2, 0.25) is 0 Å². The molecular formula is C9H7F3O5S. The van der Waals surface area contributed by atoms with E-state index in [9.17, 15) is 26.4 Å². The molecule has 0 amide bonds. The quantitative estimate of drug-likeness (QED) is 0.668. The number of benzene rings is 1. The van der Waals surface area contributed by atoms with Gasteiger partial charge >= 0.3 is 21.3 Å². The summed E-state index contributed by atoms with van der Waals surface area (Å²) in [5.41, 5.74) is -0.360. The summed E-state index contributed by atoms with van der Waals surface area (Å²) in [7, 11) is -5.67. The Morgan fingerprint density at radius 1 is 1.39 bits per heavy atom. The molecule has 0 saturated carbocycles. The van der Waals surface area contributed by atoms with Crippen molar-refractivity contribution in [1.29, 1.82) is 0 Å². The summed E-state index contributed by atoms with van der Waals surface area (Å²) in [6.07, 6.45) is 0. The molecule has 1 aromatic carbocycles. The Kier molecular flexibility index (Phi) is 3.97. The normalized spacial score (nSPS) is 12.2. The third kappa shape index (κ3) is 3.44. The van der Waals surface area contributed by atoms with Crippen molar-refractivity contribution in [3.63, 3.8) is 0 Å². The molecule has 0 bridgehead atoms. The van der Waals surface area contributed by atoms with Gasteiger partial charge in [0, 0.05) is 0 Å². The van der Waals surface area contributed by atoms with E-state index in [1.807, 2.05) is 0 Å². The first-order chi connectivity index (χ1) is 8.13. The summed E-state index contributed by atoms with van der Waals surface area (Å²) < 4.78 is 70.6. The van der Waals surface area contributed by atoms with Crippen molar-refractivity contribution in [1.82, 2.24) is 0 Å². The van der Waals surface area contributed by atoms with Crippen LogP contribution in [-0.4, -0.2) is 30.8 Å². The Hall–Kier alpha value is -1.61. The minimum Gasteiger partial charge on any atom is -0.454 e.